The lowest BCUT2D eigenvalue weighted by Gasteiger charge is -2.14. The summed E-state index contributed by atoms with van der Waals surface area (Å²) in [5.41, 5.74) is 1.68. The first-order valence-electron chi connectivity index (χ1n) is 9.16. The standard InChI is InChI=1S/C20H21FN4OS/c1-13-19(27-18(23-13)12-14-6-8-15(21)9-7-14)20(26)24-17-10-11-22-25(17)16-4-2-3-5-16/h6-11,16H,2-5,12H2,1H3,(H,24,26). The Morgan fingerprint density at radius 1 is 1.26 bits per heavy atom. The van der Waals surface area contributed by atoms with Crippen molar-refractivity contribution >= 4 is 23.1 Å². The summed E-state index contributed by atoms with van der Waals surface area (Å²) >= 11 is 1.38. The quantitative estimate of drug-likeness (QED) is 0.691. The molecule has 1 amide bonds. The second-order valence-corrected chi connectivity index (χ2v) is 7.96. The molecule has 140 valence electrons. The normalized spacial score (nSPS) is 14.6. The van der Waals surface area contributed by atoms with E-state index in [1.54, 1.807) is 18.3 Å². The van der Waals surface area contributed by atoms with Crippen molar-refractivity contribution in [2.45, 2.75) is 45.1 Å². The molecule has 27 heavy (non-hydrogen) atoms. The first-order valence-corrected chi connectivity index (χ1v) is 9.97. The first-order chi connectivity index (χ1) is 13.1. The van der Waals surface area contributed by atoms with E-state index in [4.69, 9.17) is 0 Å². The van der Waals surface area contributed by atoms with Gasteiger partial charge in [0.25, 0.3) is 5.91 Å². The van der Waals surface area contributed by atoms with Crippen LogP contribution >= 0.6 is 11.3 Å². The van der Waals surface area contributed by atoms with Gasteiger partial charge in [-0.2, -0.15) is 5.10 Å². The minimum Gasteiger partial charge on any atom is -0.306 e. The van der Waals surface area contributed by atoms with Gasteiger partial charge in [0.05, 0.1) is 22.9 Å². The average molecular weight is 384 g/mol. The number of rotatable bonds is 5. The maximum Gasteiger partial charge on any atom is 0.268 e. The van der Waals surface area contributed by atoms with E-state index in [0.29, 0.717) is 23.0 Å². The molecule has 0 spiro atoms. The van der Waals surface area contributed by atoms with Gasteiger partial charge in [0.15, 0.2) is 0 Å². The van der Waals surface area contributed by atoms with E-state index in [2.05, 4.69) is 15.4 Å². The highest BCUT2D eigenvalue weighted by Gasteiger charge is 2.22. The Morgan fingerprint density at radius 2 is 2.00 bits per heavy atom. The molecular weight excluding hydrogens is 363 g/mol. The molecule has 1 aromatic carbocycles. The van der Waals surface area contributed by atoms with Crippen LogP contribution in [0.3, 0.4) is 0 Å². The Labute approximate surface area is 161 Å². The summed E-state index contributed by atoms with van der Waals surface area (Å²) in [6, 6.07) is 8.57. The van der Waals surface area contributed by atoms with Gasteiger partial charge >= 0.3 is 0 Å². The lowest BCUT2D eigenvalue weighted by molar-refractivity contribution is 0.102. The summed E-state index contributed by atoms with van der Waals surface area (Å²) in [7, 11) is 0. The zero-order valence-corrected chi connectivity index (χ0v) is 15.9. The monoisotopic (exact) mass is 384 g/mol. The molecule has 1 fully saturated rings. The number of benzene rings is 1. The van der Waals surface area contributed by atoms with E-state index in [9.17, 15) is 9.18 Å². The van der Waals surface area contributed by atoms with Crippen LogP contribution in [0.1, 0.15) is 57.7 Å². The predicted molar refractivity (Wildman–Crippen MR) is 104 cm³/mol. The molecule has 7 heteroatoms. The number of hydrogen-bond acceptors (Lipinski definition) is 4. The molecule has 1 aliphatic rings. The highest BCUT2D eigenvalue weighted by Crippen LogP contribution is 2.31. The fourth-order valence-electron chi connectivity index (χ4n) is 3.54. The number of aromatic nitrogens is 3. The molecular formula is C20H21FN4OS. The number of carbonyl (C=O) groups is 1. The lowest BCUT2D eigenvalue weighted by atomic mass is 10.1. The third-order valence-electron chi connectivity index (χ3n) is 4.90. The number of hydrogen-bond donors (Lipinski definition) is 1. The molecule has 4 rings (SSSR count). The smallest absolute Gasteiger partial charge is 0.268 e. The van der Waals surface area contributed by atoms with E-state index in [1.807, 2.05) is 17.7 Å². The molecule has 1 aliphatic carbocycles. The van der Waals surface area contributed by atoms with E-state index in [1.165, 1.54) is 36.3 Å². The van der Waals surface area contributed by atoms with Crippen LogP contribution in [0.5, 0.6) is 0 Å². The zero-order valence-electron chi connectivity index (χ0n) is 15.1. The predicted octanol–water partition coefficient (Wildman–Crippen LogP) is 4.75. The highest BCUT2D eigenvalue weighted by atomic mass is 32.1. The van der Waals surface area contributed by atoms with Crippen molar-refractivity contribution in [1.29, 1.82) is 0 Å². The molecule has 5 nitrogen and oxygen atoms in total. The molecule has 0 unspecified atom stereocenters. The number of halogens is 1. The topological polar surface area (TPSA) is 59.8 Å². The molecule has 3 aromatic rings. The van der Waals surface area contributed by atoms with Crippen molar-refractivity contribution in [3.8, 4) is 0 Å². The van der Waals surface area contributed by atoms with Crippen molar-refractivity contribution in [1.82, 2.24) is 14.8 Å². The number of aryl methyl sites for hydroxylation is 1. The van der Waals surface area contributed by atoms with Gasteiger partial charge in [-0.15, -0.1) is 11.3 Å². The maximum atomic E-state index is 13.1. The van der Waals surface area contributed by atoms with Crippen molar-refractivity contribution in [3.05, 3.63) is 63.5 Å². The van der Waals surface area contributed by atoms with E-state index in [0.717, 1.165) is 29.2 Å². The van der Waals surface area contributed by atoms with Crippen LogP contribution in [0.25, 0.3) is 0 Å². The fourth-order valence-corrected chi connectivity index (χ4v) is 4.54. The first kappa shape index (κ1) is 17.9. The zero-order chi connectivity index (χ0) is 18.8. The minimum absolute atomic E-state index is 0.157. The van der Waals surface area contributed by atoms with Crippen LogP contribution < -0.4 is 5.32 Å². The largest absolute Gasteiger partial charge is 0.306 e. The van der Waals surface area contributed by atoms with Gasteiger partial charge in [0.2, 0.25) is 0 Å². The summed E-state index contributed by atoms with van der Waals surface area (Å²) in [6.45, 7) is 1.84. The summed E-state index contributed by atoms with van der Waals surface area (Å²) in [4.78, 5) is 17.9. The van der Waals surface area contributed by atoms with E-state index < -0.39 is 0 Å². The molecule has 0 aliphatic heterocycles. The molecule has 0 saturated heterocycles. The molecule has 0 radical (unpaired) electrons. The summed E-state index contributed by atoms with van der Waals surface area (Å²) in [6.07, 6.45) is 6.93. The highest BCUT2D eigenvalue weighted by molar-refractivity contribution is 7.14. The summed E-state index contributed by atoms with van der Waals surface area (Å²) < 4.78 is 15.0. The Bertz CT molecular complexity index is 941. The van der Waals surface area contributed by atoms with Crippen LogP contribution in [0, 0.1) is 12.7 Å². The van der Waals surface area contributed by atoms with Gasteiger partial charge in [0.1, 0.15) is 16.5 Å². The van der Waals surface area contributed by atoms with Crippen molar-refractivity contribution in [2.24, 2.45) is 0 Å². The summed E-state index contributed by atoms with van der Waals surface area (Å²) in [5.74, 6) is 0.322. The molecule has 2 aromatic heterocycles. The van der Waals surface area contributed by atoms with Crippen molar-refractivity contribution in [2.75, 3.05) is 5.32 Å². The van der Waals surface area contributed by atoms with Crippen LogP contribution in [0.4, 0.5) is 10.2 Å². The number of amides is 1. The fraction of sp³-hybridized carbons (Fsp3) is 0.350. The van der Waals surface area contributed by atoms with Crippen LogP contribution in [0.2, 0.25) is 0 Å². The van der Waals surface area contributed by atoms with E-state index >= 15 is 0 Å². The molecule has 2 heterocycles. The minimum atomic E-state index is -0.256. The van der Waals surface area contributed by atoms with Gasteiger partial charge < -0.3 is 5.32 Å². The van der Waals surface area contributed by atoms with Crippen LogP contribution in [-0.2, 0) is 6.42 Å². The molecule has 0 bridgehead atoms. The summed E-state index contributed by atoms with van der Waals surface area (Å²) in [5, 5.41) is 8.23. The molecule has 1 N–H and O–H groups in total. The number of nitrogens with one attached hydrogen (secondary N) is 1. The number of thiazole rings is 1. The van der Waals surface area contributed by atoms with Crippen molar-refractivity contribution < 1.29 is 9.18 Å². The van der Waals surface area contributed by atoms with Crippen LogP contribution in [-0.4, -0.2) is 20.7 Å². The SMILES string of the molecule is Cc1nc(Cc2ccc(F)cc2)sc1C(=O)Nc1ccnn1C1CCCC1. The Kier molecular flexibility index (Phi) is 5.03. The Morgan fingerprint density at radius 3 is 2.74 bits per heavy atom. The second kappa shape index (κ2) is 7.60. The second-order valence-electron chi connectivity index (χ2n) is 6.88. The van der Waals surface area contributed by atoms with Crippen LogP contribution in [0.15, 0.2) is 36.5 Å². The van der Waals surface area contributed by atoms with Gasteiger partial charge in [-0.3, -0.25) is 4.79 Å². The Hall–Kier alpha value is -2.54. The van der Waals surface area contributed by atoms with E-state index in [-0.39, 0.29) is 11.7 Å². The van der Waals surface area contributed by atoms with Gasteiger partial charge in [-0.05, 0) is 37.5 Å². The average Bonchev–Trinajstić information content (AvgIpc) is 3.37. The maximum absolute atomic E-state index is 13.1. The lowest BCUT2D eigenvalue weighted by Crippen LogP contribution is -2.17. The van der Waals surface area contributed by atoms with Gasteiger partial charge in [-0.25, -0.2) is 14.1 Å². The van der Waals surface area contributed by atoms with Gasteiger partial charge in [-0.1, -0.05) is 25.0 Å². The Balaban J connectivity index is 1.49. The third kappa shape index (κ3) is 3.93. The number of carbonyl (C=O) groups excluding carboxylic acids is 1. The molecule has 0 atom stereocenters. The number of anilines is 1. The van der Waals surface area contributed by atoms with Gasteiger partial charge in [0, 0.05) is 12.5 Å². The van der Waals surface area contributed by atoms with Crippen molar-refractivity contribution in [3.63, 3.8) is 0 Å². The number of nitrogens with zero attached hydrogens (tertiary/aromatic N) is 3. The molecule has 1 saturated carbocycles. The third-order valence-corrected chi connectivity index (χ3v) is 6.05.